The van der Waals surface area contributed by atoms with E-state index in [-0.39, 0.29) is 18.2 Å². The molecule has 8 heteroatoms. The molecule has 0 saturated heterocycles. The minimum Gasteiger partial charge on any atom is -0.383 e. The second-order valence-electron chi connectivity index (χ2n) is 5.24. The molecular formula is C17H20ClN3O3S. The minimum absolute atomic E-state index is 0.0245. The molecule has 1 N–H and O–H groups in total. The Bertz CT molecular complexity index is 718. The molecule has 0 unspecified atom stereocenters. The van der Waals surface area contributed by atoms with Gasteiger partial charge in [0.15, 0.2) is 5.13 Å². The summed E-state index contributed by atoms with van der Waals surface area (Å²) in [6.45, 7) is 2.67. The van der Waals surface area contributed by atoms with Crippen LogP contribution in [-0.2, 0) is 20.7 Å². The van der Waals surface area contributed by atoms with E-state index in [1.165, 1.54) is 11.3 Å². The SMILES string of the molecule is CCC(=O)N(CCOC)c1nc(CC(=O)Nc2ccc(Cl)cc2)cs1. The molecule has 0 aliphatic heterocycles. The molecule has 0 fully saturated rings. The summed E-state index contributed by atoms with van der Waals surface area (Å²) in [5, 5.41) is 5.77. The van der Waals surface area contributed by atoms with Crippen LogP contribution in [0.4, 0.5) is 10.8 Å². The van der Waals surface area contributed by atoms with Crippen LogP contribution in [0.3, 0.4) is 0 Å². The van der Waals surface area contributed by atoms with Gasteiger partial charge < -0.3 is 10.1 Å². The molecule has 1 aromatic heterocycles. The Morgan fingerprint density at radius 3 is 2.68 bits per heavy atom. The molecule has 0 bridgehead atoms. The number of amides is 2. The second kappa shape index (κ2) is 9.50. The summed E-state index contributed by atoms with van der Waals surface area (Å²) >= 11 is 7.16. The van der Waals surface area contributed by atoms with Crippen molar-refractivity contribution in [2.24, 2.45) is 0 Å². The zero-order valence-corrected chi connectivity index (χ0v) is 15.7. The number of halogens is 1. The standard InChI is InChI=1S/C17H20ClN3O3S/c1-3-16(23)21(8-9-24-2)17-20-14(11-25-17)10-15(22)19-13-6-4-12(18)5-7-13/h4-7,11H,3,8-10H2,1-2H3,(H,19,22). The third-order valence-corrected chi connectivity index (χ3v) is 4.53. The predicted molar refractivity (Wildman–Crippen MR) is 100 cm³/mol. The number of nitrogens with zero attached hydrogens (tertiary/aromatic N) is 2. The van der Waals surface area contributed by atoms with E-state index in [1.807, 2.05) is 0 Å². The topological polar surface area (TPSA) is 71.5 Å². The van der Waals surface area contributed by atoms with Crippen LogP contribution in [0, 0.1) is 0 Å². The number of carbonyl (C=O) groups excluding carboxylic acids is 2. The number of carbonyl (C=O) groups is 2. The van der Waals surface area contributed by atoms with E-state index in [9.17, 15) is 9.59 Å². The number of aromatic nitrogens is 1. The minimum atomic E-state index is -0.176. The van der Waals surface area contributed by atoms with Gasteiger partial charge in [0.25, 0.3) is 0 Å². The van der Waals surface area contributed by atoms with E-state index in [0.29, 0.717) is 41.1 Å². The van der Waals surface area contributed by atoms with Gasteiger partial charge in [-0.2, -0.15) is 0 Å². The molecule has 0 aliphatic carbocycles. The zero-order chi connectivity index (χ0) is 18.2. The van der Waals surface area contributed by atoms with E-state index < -0.39 is 0 Å². The zero-order valence-electron chi connectivity index (χ0n) is 14.1. The molecule has 0 radical (unpaired) electrons. The van der Waals surface area contributed by atoms with Crippen LogP contribution >= 0.6 is 22.9 Å². The van der Waals surface area contributed by atoms with Gasteiger partial charge in [-0.1, -0.05) is 18.5 Å². The Morgan fingerprint density at radius 1 is 1.32 bits per heavy atom. The molecule has 0 spiro atoms. The lowest BCUT2D eigenvalue weighted by Crippen LogP contribution is -2.33. The van der Waals surface area contributed by atoms with Crippen molar-refractivity contribution in [3.05, 3.63) is 40.4 Å². The van der Waals surface area contributed by atoms with Gasteiger partial charge in [-0.15, -0.1) is 11.3 Å². The number of thiazole rings is 1. The number of methoxy groups -OCH3 is 1. The molecule has 2 aromatic rings. The fraction of sp³-hybridized carbons (Fsp3) is 0.353. The first kappa shape index (κ1) is 19.4. The fourth-order valence-corrected chi connectivity index (χ4v) is 3.10. The average molecular weight is 382 g/mol. The Hall–Kier alpha value is -1.96. The Labute approximate surface area is 155 Å². The Kier molecular flexibility index (Phi) is 7.36. The third-order valence-electron chi connectivity index (χ3n) is 3.36. The first-order valence-electron chi connectivity index (χ1n) is 7.82. The van der Waals surface area contributed by atoms with Gasteiger partial charge in [0, 0.05) is 29.6 Å². The van der Waals surface area contributed by atoms with Crippen LogP contribution in [0.2, 0.25) is 5.02 Å². The Morgan fingerprint density at radius 2 is 2.04 bits per heavy atom. The van der Waals surface area contributed by atoms with Crippen LogP contribution < -0.4 is 10.2 Å². The van der Waals surface area contributed by atoms with Crippen molar-refractivity contribution in [1.82, 2.24) is 4.98 Å². The van der Waals surface area contributed by atoms with Crippen molar-refractivity contribution in [3.8, 4) is 0 Å². The molecule has 1 aromatic carbocycles. The van der Waals surface area contributed by atoms with Crippen molar-refractivity contribution in [1.29, 1.82) is 0 Å². The lowest BCUT2D eigenvalue weighted by molar-refractivity contribution is -0.118. The second-order valence-corrected chi connectivity index (χ2v) is 6.52. The van der Waals surface area contributed by atoms with E-state index in [1.54, 1.807) is 48.6 Å². The normalized spacial score (nSPS) is 10.5. The monoisotopic (exact) mass is 381 g/mol. The summed E-state index contributed by atoms with van der Waals surface area (Å²) in [7, 11) is 1.59. The van der Waals surface area contributed by atoms with E-state index >= 15 is 0 Å². The molecule has 0 atom stereocenters. The molecule has 6 nitrogen and oxygen atoms in total. The number of nitrogens with one attached hydrogen (secondary N) is 1. The molecule has 2 amide bonds. The van der Waals surface area contributed by atoms with E-state index in [2.05, 4.69) is 10.3 Å². The quantitative estimate of drug-likeness (QED) is 0.761. The number of hydrogen-bond donors (Lipinski definition) is 1. The highest BCUT2D eigenvalue weighted by Gasteiger charge is 2.18. The lowest BCUT2D eigenvalue weighted by Gasteiger charge is -2.18. The third kappa shape index (κ3) is 5.81. The molecular weight excluding hydrogens is 362 g/mol. The van der Waals surface area contributed by atoms with Crippen LogP contribution in [0.25, 0.3) is 0 Å². The van der Waals surface area contributed by atoms with Gasteiger partial charge in [-0.05, 0) is 24.3 Å². The van der Waals surface area contributed by atoms with Crippen molar-refractivity contribution < 1.29 is 14.3 Å². The van der Waals surface area contributed by atoms with Gasteiger partial charge in [-0.25, -0.2) is 4.98 Å². The number of benzene rings is 1. The molecule has 1 heterocycles. The first-order chi connectivity index (χ1) is 12.0. The number of ether oxygens (including phenoxy) is 1. The maximum Gasteiger partial charge on any atom is 0.230 e. The van der Waals surface area contributed by atoms with Crippen LogP contribution in [0.15, 0.2) is 29.6 Å². The first-order valence-corrected chi connectivity index (χ1v) is 9.08. The van der Waals surface area contributed by atoms with Gasteiger partial charge in [0.1, 0.15) is 0 Å². The maximum absolute atomic E-state index is 12.1. The maximum atomic E-state index is 12.1. The smallest absolute Gasteiger partial charge is 0.230 e. The van der Waals surface area contributed by atoms with E-state index in [4.69, 9.17) is 16.3 Å². The van der Waals surface area contributed by atoms with Crippen LogP contribution in [0.1, 0.15) is 19.0 Å². The molecule has 2 rings (SSSR count). The summed E-state index contributed by atoms with van der Waals surface area (Å²) < 4.78 is 5.04. The highest BCUT2D eigenvalue weighted by Crippen LogP contribution is 2.22. The summed E-state index contributed by atoms with van der Waals surface area (Å²) in [6, 6.07) is 6.89. The Balaban J connectivity index is 2.00. The molecule has 0 aliphatic rings. The molecule has 134 valence electrons. The average Bonchev–Trinajstić information content (AvgIpc) is 3.05. The van der Waals surface area contributed by atoms with Gasteiger partial charge >= 0.3 is 0 Å². The fourth-order valence-electron chi connectivity index (χ4n) is 2.10. The largest absolute Gasteiger partial charge is 0.383 e. The number of hydrogen-bond acceptors (Lipinski definition) is 5. The number of rotatable bonds is 8. The molecule has 25 heavy (non-hydrogen) atoms. The summed E-state index contributed by atoms with van der Waals surface area (Å²) in [5.41, 5.74) is 1.30. The number of anilines is 2. The highest BCUT2D eigenvalue weighted by atomic mass is 35.5. The summed E-state index contributed by atoms with van der Waals surface area (Å²) in [6.07, 6.45) is 0.521. The van der Waals surface area contributed by atoms with Crippen molar-refractivity contribution in [2.45, 2.75) is 19.8 Å². The van der Waals surface area contributed by atoms with Crippen molar-refractivity contribution >= 4 is 45.6 Å². The molecule has 0 saturated carbocycles. The summed E-state index contributed by atoms with van der Waals surface area (Å²) in [5.74, 6) is -0.201. The van der Waals surface area contributed by atoms with E-state index in [0.717, 1.165) is 0 Å². The van der Waals surface area contributed by atoms with Gasteiger partial charge in [0.05, 0.1) is 25.3 Å². The van der Waals surface area contributed by atoms with Crippen LogP contribution in [-0.4, -0.2) is 37.1 Å². The van der Waals surface area contributed by atoms with Gasteiger partial charge in [0.2, 0.25) is 11.8 Å². The summed E-state index contributed by atoms with van der Waals surface area (Å²) in [4.78, 5) is 30.2. The van der Waals surface area contributed by atoms with Crippen molar-refractivity contribution in [2.75, 3.05) is 30.5 Å². The predicted octanol–water partition coefficient (Wildman–Crippen LogP) is 3.37. The van der Waals surface area contributed by atoms with Crippen molar-refractivity contribution in [3.63, 3.8) is 0 Å². The van der Waals surface area contributed by atoms with Gasteiger partial charge in [-0.3, -0.25) is 14.5 Å². The lowest BCUT2D eigenvalue weighted by atomic mass is 10.3. The van der Waals surface area contributed by atoms with Crippen LogP contribution in [0.5, 0.6) is 0 Å². The highest BCUT2D eigenvalue weighted by molar-refractivity contribution is 7.14.